The zero-order valence-corrected chi connectivity index (χ0v) is 16.3. The quantitative estimate of drug-likeness (QED) is 0.675. The minimum absolute atomic E-state index is 0.0802. The van der Waals surface area contributed by atoms with Gasteiger partial charge in [-0.05, 0) is 43.7 Å². The van der Waals surface area contributed by atoms with Gasteiger partial charge in [-0.2, -0.15) is 5.26 Å². The van der Waals surface area contributed by atoms with E-state index in [2.05, 4.69) is 11.1 Å². The van der Waals surface area contributed by atoms with Crippen LogP contribution in [0.5, 0.6) is 0 Å². The molecule has 0 bridgehead atoms. The van der Waals surface area contributed by atoms with Crippen molar-refractivity contribution in [3.8, 4) is 17.3 Å². The first-order chi connectivity index (χ1) is 12.2. The predicted octanol–water partition coefficient (Wildman–Crippen LogP) is 4.09. The Balaban J connectivity index is 2.18. The summed E-state index contributed by atoms with van der Waals surface area (Å²) in [5, 5.41) is 10.6. The topological polar surface area (TPSA) is 75.8 Å². The van der Waals surface area contributed by atoms with Crippen molar-refractivity contribution in [3.63, 3.8) is 0 Å². The van der Waals surface area contributed by atoms with Crippen molar-refractivity contribution in [2.75, 3.05) is 0 Å². The molecule has 0 N–H and O–H groups in total. The molecule has 3 aromatic rings. The number of fused-ring (bicyclic) bond motifs is 1. The first-order valence-electron chi connectivity index (χ1n) is 8.08. The van der Waals surface area contributed by atoms with Crippen molar-refractivity contribution in [2.45, 2.75) is 24.9 Å². The van der Waals surface area contributed by atoms with E-state index in [0.717, 1.165) is 10.9 Å². The van der Waals surface area contributed by atoms with E-state index in [9.17, 15) is 13.7 Å². The molecule has 2 aromatic heterocycles. The van der Waals surface area contributed by atoms with Gasteiger partial charge in [-0.25, -0.2) is 8.42 Å². The van der Waals surface area contributed by atoms with Crippen LogP contribution < -0.4 is 0 Å². The molecule has 0 unspecified atom stereocenters. The number of benzene rings is 1. The highest BCUT2D eigenvalue weighted by Crippen LogP contribution is 2.34. The molecule has 0 radical (unpaired) electrons. The molecule has 0 saturated heterocycles. The first-order valence-corrected chi connectivity index (χ1v) is 10.2. The normalized spacial score (nSPS) is 11.8. The minimum atomic E-state index is -3.24. The molecule has 5 nitrogen and oxygen atoms in total. The average molecular weight is 388 g/mol. The second-order valence-electron chi connectivity index (χ2n) is 6.49. The highest BCUT2D eigenvalue weighted by atomic mass is 35.5. The zero-order chi connectivity index (χ0) is 19.1. The van der Waals surface area contributed by atoms with Gasteiger partial charge in [0.05, 0.1) is 27.8 Å². The van der Waals surface area contributed by atoms with Crippen LogP contribution >= 0.6 is 11.6 Å². The Labute approximate surface area is 157 Å². The number of hydrogen-bond donors (Lipinski definition) is 0. The Kier molecular flexibility index (Phi) is 4.78. The summed E-state index contributed by atoms with van der Waals surface area (Å²) in [6.45, 7) is 3.32. The Morgan fingerprint density at radius 2 is 2.00 bits per heavy atom. The van der Waals surface area contributed by atoms with Crippen LogP contribution in [0.4, 0.5) is 0 Å². The van der Waals surface area contributed by atoms with Gasteiger partial charge in [-0.3, -0.25) is 4.98 Å². The van der Waals surface area contributed by atoms with Crippen LogP contribution in [0.1, 0.15) is 25.0 Å². The van der Waals surface area contributed by atoms with Crippen molar-refractivity contribution in [2.24, 2.45) is 7.05 Å². The first kappa shape index (κ1) is 18.4. The van der Waals surface area contributed by atoms with Gasteiger partial charge in [0.2, 0.25) is 0 Å². The van der Waals surface area contributed by atoms with Crippen molar-refractivity contribution in [1.29, 1.82) is 5.26 Å². The highest BCUT2D eigenvalue weighted by molar-refractivity contribution is 7.91. The summed E-state index contributed by atoms with van der Waals surface area (Å²) in [5.74, 6) is -0.0802. The summed E-state index contributed by atoms with van der Waals surface area (Å²) in [4.78, 5) is 4.20. The van der Waals surface area contributed by atoms with E-state index < -0.39 is 15.1 Å². The van der Waals surface area contributed by atoms with Crippen molar-refractivity contribution >= 4 is 32.3 Å². The molecule has 0 aliphatic heterocycles. The number of pyridine rings is 1. The standard InChI is InChI=1S/C19H18ClN3O2S/c1-12(2)26(24,25)11-13-6-14(10-22-9-13)19-17(8-21)16-5-4-15(20)7-18(16)23(19)3/h4-7,9-10,12H,11H2,1-3H3. The van der Waals surface area contributed by atoms with Crippen LogP contribution in [-0.4, -0.2) is 23.2 Å². The monoisotopic (exact) mass is 387 g/mol. The summed E-state index contributed by atoms with van der Waals surface area (Å²) >= 11 is 6.09. The Morgan fingerprint density at radius 1 is 1.27 bits per heavy atom. The number of aromatic nitrogens is 2. The molecule has 0 atom stereocenters. The van der Waals surface area contributed by atoms with Gasteiger partial charge >= 0.3 is 0 Å². The molecule has 0 amide bonds. The Morgan fingerprint density at radius 3 is 2.65 bits per heavy atom. The van der Waals surface area contributed by atoms with Crippen LogP contribution in [0.15, 0.2) is 36.7 Å². The van der Waals surface area contributed by atoms with Crippen LogP contribution in [0, 0.1) is 11.3 Å². The third kappa shape index (κ3) is 3.20. The van der Waals surface area contributed by atoms with E-state index in [-0.39, 0.29) is 5.75 Å². The minimum Gasteiger partial charge on any atom is -0.342 e. The zero-order valence-electron chi connectivity index (χ0n) is 14.7. The third-order valence-electron chi connectivity index (χ3n) is 4.43. The number of aryl methyl sites for hydroxylation is 1. The lowest BCUT2D eigenvalue weighted by Gasteiger charge is -2.10. The van der Waals surface area contributed by atoms with Gasteiger partial charge in [0.15, 0.2) is 9.84 Å². The average Bonchev–Trinajstić information content (AvgIpc) is 2.86. The fourth-order valence-corrected chi connectivity index (χ4v) is 4.08. The summed E-state index contributed by atoms with van der Waals surface area (Å²) < 4.78 is 26.3. The molecule has 0 aliphatic rings. The van der Waals surface area contributed by atoms with Crippen molar-refractivity contribution in [1.82, 2.24) is 9.55 Å². The van der Waals surface area contributed by atoms with Gasteiger partial charge in [0.1, 0.15) is 6.07 Å². The molecule has 134 valence electrons. The number of halogens is 1. The van der Waals surface area contributed by atoms with Crippen LogP contribution in [0.2, 0.25) is 5.02 Å². The molecule has 1 aromatic carbocycles. The number of nitriles is 1. The molecule has 0 spiro atoms. The lowest BCUT2D eigenvalue weighted by molar-refractivity contribution is 0.586. The number of sulfone groups is 1. The summed E-state index contributed by atoms with van der Waals surface area (Å²) in [6, 6.07) is 9.41. The molecular weight excluding hydrogens is 370 g/mol. The maximum absolute atomic E-state index is 12.2. The molecule has 7 heteroatoms. The lowest BCUT2D eigenvalue weighted by atomic mass is 10.1. The highest BCUT2D eigenvalue weighted by Gasteiger charge is 2.20. The summed E-state index contributed by atoms with van der Waals surface area (Å²) in [7, 11) is -1.38. The van der Waals surface area contributed by atoms with Crippen molar-refractivity contribution in [3.05, 3.63) is 52.8 Å². The van der Waals surface area contributed by atoms with Gasteiger partial charge in [0, 0.05) is 35.4 Å². The van der Waals surface area contributed by atoms with Gasteiger partial charge < -0.3 is 4.57 Å². The predicted molar refractivity (Wildman–Crippen MR) is 104 cm³/mol. The van der Waals surface area contributed by atoms with E-state index in [0.29, 0.717) is 27.4 Å². The van der Waals surface area contributed by atoms with Crippen LogP contribution in [0.3, 0.4) is 0 Å². The lowest BCUT2D eigenvalue weighted by Crippen LogP contribution is -2.16. The van der Waals surface area contributed by atoms with E-state index in [4.69, 9.17) is 11.6 Å². The van der Waals surface area contributed by atoms with E-state index in [1.807, 2.05) is 23.7 Å². The molecule has 2 heterocycles. The fraction of sp³-hybridized carbons (Fsp3) is 0.263. The van der Waals surface area contributed by atoms with E-state index >= 15 is 0 Å². The maximum atomic E-state index is 12.2. The Bertz CT molecular complexity index is 1140. The Hall–Kier alpha value is -2.36. The molecule has 0 aliphatic carbocycles. The second-order valence-corrected chi connectivity index (χ2v) is 9.49. The largest absolute Gasteiger partial charge is 0.342 e. The number of hydrogen-bond acceptors (Lipinski definition) is 4. The van der Waals surface area contributed by atoms with Crippen LogP contribution in [-0.2, 0) is 22.6 Å². The van der Waals surface area contributed by atoms with Crippen LogP contribution in [0.25, 0.3) is 22.2 Å². The maximum Gasteiger partial charge on any atom is 0.156 e. The van der Waals surface area contributed by atoms with Gasteiger partial charge in [-0.15, -0.1) is 0 Å². The van der Waals surface area contributed by atoms with Gasteiger partial charge in [-0.1, -0.05) is 11.6 Å². The molecule has 0 saturated carbocycles. The SMILES string of the molecule is CC(C)S(=O)(=O)Cc1cncc(-c2c(C#N)c3ccc(Cl)cc3n2C)c1. The molecule has 0 fully saturated rings. The van der Waals surface area contributed by atoms with Gasteiger partial charge in [0.25, 0.3) is 0 Å². The second kappa shape index (κ2) is 6.75. The fourth-order valence-electron chi connectivity index (χ4n) is 2.96. The van der Waals surface area contributed by atoms with E-state index in [1.54, 1.807) is 38.4 Å². The van der Waals surface area contributed by atoms with E-state index in [1.165, 1.54) is 0 Å². The summed E-state index contributed by atoms with van der Waals surface area (Å²) in [6.07, 6.45) is 3.19. The smallest absolute Gasteiger partial charge is 0.156 e. The number of rotatable bonds is 4. The third-order valence-corrected chi connectivity index (χ3v) is 6.84. The summed E-state index contributed by atoms with van der Waals surface area (Å²) in [5.41, 5.74) is 3.35. The molecule has 26 heavy (non-hydrogen) atoms. The molecule has 3 rings (SSSR count). The molecular formula is C19H18ClN3O2S. The number of nitrogens with zero attached hydrogens (tertiary/aromatic N) is 3. The van der Waals surface area contributed by atoms with Crippen molar-refractivity contribution < 1.29 is 8.42 Å².